The molecule has 6 heteroatoms. The van der Waals surface area contributed by atoms with E-state index in [1.807, 2.05) is 72.9 Å². The van der Waals surface area contributed by atoms with E-state index in [2.05, 4.69) is 81.5 Å². The lowest BCUT2D eigenvalue weighted by atomic mass is 10.1. The van der Waals surface area contributed by atoms with E-state index in [0.29, 0.717) is 12.8 Å². The summed E-state index contributed by atoms with van der Waals surface area (Å²) in [5, 5.41) is 0. The first kappa shape index (κ1) is 60.5. The normalized spacial score (nSPS) is 13.2. The van der Waals surface area contributed by atoms with Gasteiger partial charge in [-0.05, 0) is 96.3 Å². The molecule has 0 aromatic rings. The molecule has 0 N–H and O–H groups in total. The van der Waals surface area contributed by atoms with Crippen molar-refractivity contribution in [3.63, 3.8) is 0 Å². The summed E-state index contributed by atoms with van der Waals surface area (Å²) in [7, 11) is 0. The van der Waals surface area contributed by atoms with E-state index >= 15 is 0 Å². The summed E-state index contributed by atoms with van der Waals surface area (Å²) >= 11 is 0. The predicted molar refractivity (Wildman–Crippen MR) is 279 cm³/mol. The SMILES string of the molecule is CC\C=C/C=C\C=C/C=C\C=C\C=C/C=C\CCCCCC(=O)OCC(COC(=O)CCCCC/C=C\CCCCCCCCC)OC(=O)CCCCCC/C=C\C/C=C\C/C=C\CC. The molecule has 6 nitrogen and oxygen atoms in total. The van der Waals surface area contributed by atoms with Crippen molar-refractivity contribution in [1.29, 1.82) is 0 Å². The Labute approximate surface area is 398 Å². The Bertz CT molecular complexity index is 1450. The van der Waals surface area contributed by atoms with E-state index in [9.17, 15) is 14.4 Å². The average Bonchev–Trinajstić information content (AvgIpc) is 3.30. The minimum absolute atomic E-state index is 0.115. The summed E-state index contributed by atoms with van der Waals surface area (Å²) in [6.07, 6.45) is 72.9. The summed E-state index contributed by atoms with van der Waals surface area (Å²) in [6, 6.07) is 0. The van der Waals surface area contributed by atoms with E-state index in [1.54, 1.807) is 0 Å². The minimum Gasteiger partial charge on any atom is -0.462 e. The highest BCUT2D eigenvalue weighted by Crippen LogP contribution is 2.12. The molecule has 65 heavy (non-hydrogen) atoms. The van der Waals surface area contributed by atoms with E-state index < -0.39 is 6.10 Å². The number of allylic oxidation sites excluding steroid dienone is 22. The highest BCUT2D eigenvalue weighted by Gasteiger charge is 2.19. The fourth-order valence-electron chi connectivity index (χ4n) is 6.49. The topological polar surface area (TPSA) is 78.9 Å². The van der Waals surface area contributed by atoms with Gasteiger partial charge >= 0.3 is 17.9 Å². The maximum atomic E-state index is 12.8. The summed E-state index contributed by atoms with van der Waals surface area (Å²) in [5.74, 6) is -1.01. The van der Waals surface area contributed by atoms with Crippen LogP contribution in [0.1, 0.15) is 201 Å². The lowest BCUT2D eigenvalue weighted by Gasteiger charge is -2.18. The van der Waals surface area contributed by atoms with Gasteiger partial charge in [0.1, 0.15) is 13.2 Å². The Morgan fingerprint density at radius 2 is 0.677 bits per heavy atom. The molecule has 364 valence electrons. The first-order chi connectivity index (χ1) is 32.0. The second-order valence-electron chi connectivity index (χ2n) is 16.5. The monoisotopic (exact) mass is 897 g/mol. The Kier molecular flexibility index (Phi) is 48.6. The Morgan fingerprint density at radius 3 is 1.15 bits per heavy atom. The van der Waals surface area contributed by atoms with Crippen LogP contribution < -0.4 is 0 Å². The molecule has 1 atom stereocenters. The van der Waals surface area contributed by atoms with Crippen LogP contribution in [0.15, 0.2) is 134 Å². The zero-order valence-electron chi connectivity index (χ0n) is 41.4. The Hall–Kier alpha value is -4.45. The van der Waals surface area contributed by atoms with Gasteiger partial charge < -0.3 is 14.2 Å². The molecule has 0 amide bonds. The number of unbranched alkanes of at least 4 members (excludes halogenated alkanes) is 17. The van der Waals surface area contributed by atoms with Crippen molar-refractivity contribution in [2.75, 3.05) is 13.2 Å². The summed E-state index contributed by atoms with van der Waals surface area (Å²) < 4.78 is 16.7. The number of esters is 3. The number of hydrogen-bond acceptors (Lipinski definition) is 6. The van der Waals surface area contributed by atoms with Gasteiger partial charge in [0.05, 0.1) is 0 Å². The molecule has 0 fully saturated rings. The molecule has 0 saturated heterocycles. The van der Waals surface area contributed by atoms with E-state index in [1.165, 1.54) is 44.9 Å². The third-order valence-corrected chi connectivity index (χ3v) is 10.3. The van der Waals surface area contributed by atoms with E-state index in [-0.39, 0.29) is 37.5 Å². The van der Waals surface area contributed by atoms with Gasteiger partial charge in [0, 0.05) is 19.3 Å². The van der Waals surface area contributed by atoms with Crippen LogP contribution in [-0.4, -0.2) is 37.2 Å². The molecule has 0 saturated carbocycles. The molecule has 0 aromatic carbocycles. The van der Waals surface area contributed by atoms with Crippen LogP contribution in [0.3, 0.4) is 0 Å². The summed E-state index contributed by atoms with van der Waals surface area (Å²) in [6.45, 7) is 6.28. The van der Waals surface area contributed by atoms with Crippen LogP contribution >= 0.6 is 0 Å². The van der Waals surface area contributed by atoms with Crippen LogP contribution in [0.4, 0.5) is 0 Å². The molecule has 0 rings (SSSR count). The van der Waals surface area contributed by atoms with Crippen molar-refractivity contribution < 1.29 is 28.6 Å². The van der Waals surface area contributed by atoms with E-state index in [4.69, 9.17) is 14.2 Å². The lowest BCUT2D eigenvalue weighted by Crippen LogP contribution is -2.30. The second-order valence-corrected chi connectivity index (χ2v) is 16.5. The number of hydrogen-bond donors (Lipinski definition) is 0. The molecule has 0 radical (unpaired) electrons. The van der Waals surface area contributed by atoms with Crippen molar-refractivity contribution in [2.45, 2.75) is 207 Å². The van der Waals surface area contributed by atoms with Gasteiger partial charge in [-0.3, -0.25) is 14.4 Å². The minimum atomic E-state index is -0.819. The van der Waals surface area contributed by atoms with Crippen LogP contribution in [0.5, 0.6) is 0 Å². The van der Waals surface area contributed by atoms with Gasteiger partial charge in [0.2, 0.25) is 0 Å². The molecular formula is C59H92O6. The maximum Gasteiger partial charge on any atom is 0.306 e. The van der Waals surface area contributed by atoms with Gasteiger partial charge in [-0.2, -0.15) is 0 Å². The van der Waals surface area contributed by atoms with Gasteiger partial charge in [-0.25, -0.2) is 0 Å². The Morgan fingerprint density at radius 1 is 0.338 bits per heavy atom. The molecule has 0 aliphatic carbocycles. The molecule has 1 unspecified atom stereocenters. The van der Waals surface area contributed by atoms with Crippen LogP contribution in [0.2, 0.25) is 0 Å². The fourth-order valence-corrected chi connectivity index (χ4v) is 6.49. The summed E-state index contributed by atoms with van der Waals surface area (Å²) in [5.41, 5.74) is 0. The largest absolute Gasteiger partial charge is 0.462 e. The van der Waals surface area contributed by atoms with Crippen molar-refractivity contribution in [3.8, 4) is 0 Å². The molecular weight excluding hydrogens is 805 g/mol. The third kappa shape index (κ3) is 50.4. The lowest BCUT2D eigenvalue weighted by molar-refractivity contribution is -0.167. The quantitative estimate of drug-likeness (QED) is 0.0199. The Balaban J connectivity index is 4.57. The molecule has 0 spiro atoms. The molecule has 0 aliphatic heterocycles. The number of rotatable bonds is 44. The second kappa shape index (κ2) is 52.2. The molecule has 0 aromatic heterocycles. The summed E-state index contributed by atoms with van der Waals surface area (Å²) in [4.78, 5) is 38.0. The molecule has 0 aliphatic rings. The van der Waals surface area contributed by atoms with Crippen molar-refractivity contribution >= 4 is 17.9 Å². The number of carbonyl (C=O) groups is 3. The zero-order valence-corrected chi connectivity index (χ0v) is 41.4. The standard InChI is InChI=1S/C59H92O6/c1-4-7-10-13-16-19-22-25-28-29-30-31-32-35-37-40-43-46-49-52-58(61)64-55-56(65-59(62)53-50-47-44-41-38-34-27-24-21-18-15-12-9-6-3)54-63-57(60)51-48-45-42-39-36-33-26-23-20-17-14-11-8-5-2/h7,9-10,12-13,16,18-19,21-22,25,27-37,56H,4-6,8,11,14-15,17,20,23-24,26,38-55H2,1-3H3/b10-7-,12-9-,16-13-,21-18-,22-19-,28-25-,30-29+,32-31-,34-27-,36-33-,37-35-. The molecule has 0 bridgehead atoms. The average molecular weight is 897 g/mol. The predicted octanol–water partition coefficient (Wildman–Crippen LogP) is 17.1. The van der Waals surface area contributed by atoms with Gasteiger partial charge in [0.15, 0.2) is 6.10 Å². The fraction of sp³-hybridized carbons (Fsp3) is 0.576. The smallest absolute Gasteiger partial charge is 0.306 e. The third-order valence-electron chi connectivity index (χ3n) is 10.3. The van der Waals surface area contributed by atoms with Crippen LogP contribution in [-0.2, 0) is 28.6 Å². The first-order valence-electron chi connectivity index (χ1n) is 25.8. The van der Waals surface area contributed by atoms with Gasteiger partial charge in [-0.15, -0.1) is 0 Å². The molecule has 0 heterocycles. The highest BCUT2D eigenvalue weighted by atomic mass is 16.6. The van der Waals surface area contributed by atoms with Crippen molar-refractivity contribution in [3.05, 3.63) is 134 Å². The van der Waals surface area contributed by atoms with Crippen LogP contribution in [0, 0.1) is 0 Å². The van der Waals surface area contributed by atoms with Crippen LogP contribution in [0.25, 0.3) is 0 Å². The van der Waals surface area contributed by atoms with Gasteiger partial charge in [0.25, 0.3) is 0 Å². The maximum absolute atomic E-state index is 12.8. The first-order valence-corrected chi connectivity index (χ1v) is 25.8. The van der Waals surface area contributed by atoms with E-state index in [0.717, 1.165) is 116 Å². The van der Waals surface area contributed by atoms with Crippen molar-refractivity contribution in [2.24, 2.45) is 0 Å². The van der Waals surface area contributed by atoms with Gasteiger partial charge in [-0.1, -0.05) is 219 Å². The highest BCUT2D eigenvalue weighted by molar-refractivity contribution is 5.71. The zero-order chi connectivity index (χ0) is 47.2. The van der Waals surface area contributed by atoms with Crippen molar-refractivity contribution in [1.82, 2.24) is 0 Å². The number of carbonyl (C=O) groups excluding carboxylic acids is 3. The number of ether oxygens (including phenoxy) is 3.